The lowest BCUT2D eigenvalue weighted by atomic mass is 9.81. The highest BCUT2D eigenvalue weighted by molar-refractivity contribution is 5.99. The van der Waals surface area contributed by atoms with Crippen LogP contribution in [0.3, 0.4) is 0 Å². The van der Waals surface area contributed by atoms with Crippen molar-refractivity contribution in [3.8, 4) is 5.75 Å². The van der Waals surface area contributed by atoms with Gasteiger partial charge in [0, 0.05) is 19.3 Å². The molecule has 0 spiro atoms. The SMILES string of the molecule is COc1ccccc1Nc1ncccc1C(=O)N1CCC2CCNCC2C1. The smallest absolute Gasteiger partial charge is 0.257 e. The molecule has 0 radical (unpaired) electrons. The van der Waals surface area contributed by atoms with E-state index >= 15 is 0 Å². The zero-order valence-corrected chi connectivity index (χ0v) is 15.6. The summed E-state index contributed by atoms with van der Waals surface area (Å²) < 4.78 is 5.40. The zero-order chi connectivity index (χ0) is 18.6. The van der Waals surface area contributed by atoms with Crippen LogP contribution in [-0.2, 0) is 0 Å². The molecule has 2 fully saturated rings. The van der Waals surface area contributed by atoms with E-state index in [-0.39, 0.29) is 5.91 Å². The number of pyridine rings is 1. The molecule has 4 rings (SSSR count). The first kappa shape index (κ1) is 17.8. The van der Waals surface area contributed by atoms with Gasteiger partial charge in [0.2, 0.25) is 0 Å². The number of nitrogens with zero attached hydrogens (tertiary/aromatic N) is 2. The standard InChI is InChI=1S/C21H26N4O2/c1-27-19-7-3-2-6-18(19)24-20-17(5-4-10-23-20)21(26)25-12-9-15-8-11-22-13-16(15)14-25/h2-7,10,15-16,22H,8-9,11-14H2,1H3,(H,23,24). The fourth-order valence-corrected chi connectivity index (χ4v) is 4.17. The van der Waals surface area contributed by atoms with Gasteiger partial charge in [0.15, 0.2) is 0 Å². The van der Waals surface area contributed by atoms with Crippen LogP contribution in [0, 0.1) is 11.8 Å². The van der Waals surface area contributed by atoms with Crippen molar-refractivity contribution in [3.05, 3.63) is 48.2 Å². The number of anilines is 2. The largest absolute Gasteiger partial charge is 0.495 e. The number of methoxy groups -OCH3 is 1. The number of likely N-dealkylation sites (tertiary alicyclic amines) is 1. The quantitative estimate of drug-likeness (QED) is 0.871. The molecular weight excluding hydrogens is 340 g/mol. The Bertz CT molecular complexity index is 810. The van der Waals surface area contributed by atoms with E-state index in [2.05, 4.69) is 15.6 Å². The van der Waals surface area contributed by atoms with Crippen molar-refractivity contribution in [1.82, 2.24) is 15.2 Å². The minimum absolute atomic E-state index is 0.0459. The Morgan fingerprint density at radius 2 is 2.11 bits per heavy atom. The number of carbonyl (C=O) groups is 1. The first-order chi connectivity index (χ1) is 13.3. The van der Waals surface area contributed by atoms with Gasteiger partial charge in [-0.1, -0.05) is 12.1 Å². The van der Waals surface area contributed by atoms with Gasteiger partial charge in [-0.25, -0.2) is 4.98 Å². The number of amides is 1. The van der Waals surface area contributed by atoms with E-state index in [4.69, 9.17) is 4.74 Å². The molecule has 0 aliphatic carbocycles. The third kappa shape index (κ3) is 3.76. The summed E-state index contributed by atoms with van der Waals surface area (Å²) in [5.41, 5.74) is 1.40. The second kappa shape index (κ2) is 7.96. The van der Waals surface area contributed by atoms with E-state index in [0.717, 1.165) is 50.0 Å². The Kier molecular flexibility index (Phi) is 5.25. The van der Waals surface area contributed by atoms with Gasteiger partial charge >= 0.3 is 0 Å². The third-order valence-electron chi connectivity index (χ3n) is 5.68. The average Bonchev–Trinajstić information content (AvgIpc) is 2.73. The maximum Gasteiger partial charge on any atom is 0.257 e. The summed E-state index contributed by atoms with van der Waals surface area (Å²) in [6.07, 6.45) is 4.01. The molecule has 6 heteroatoms. The van der Waals surface area contributed by atoms with E-state index in [1.807, 2.05) is 41.3 Å². The van der Waals surface area contributed by atoms with Crippen LogP contribution in [-0.4, -0.2) is 49.1 Å². The van der Waals surface area contributed by atoms with E-state index < -0.39 is 0 Å². The molecule has 6 nitrogen and oxygen atoms in total. The minimum Gasteiger partial charge on any atom is -0.495 e. The van der Waals surface area contributed by atoms with Crippen molar-refractivity contribution < 1.29 is 9.53 Å². The van der Waals surface area contributed by atoms with Crippen molar-refractivity contribution in [2.24, 2.45) is 11.8 Å². The fraction of sp³-hybridized carbons (Fsp3) is 0.429. The van der Waals surface area contributed by atoms with Crippen molar-refractivity contribution in [3.63, 3.8) is 0 Å². The van der Waals surface area contributed by atoms with Gasteiger partial charge in [-0.3, -0.25) is 4.79 Å². The topological polar surface area (TPSA) is 66.5 Å². The Morgan fingerprint density at radius 3 is 3.00 bits per heavy atom. The molecule has 2 aromatic rings. The van der Waals surface area contributed by atoms with Crippen LogP contribution in [0.25, 0.3) is 0 Å². The summed E-state index contributed by atoms with van der Waals surface area (Å²) in [6.45, 7) is 3.75. The van der Waals surface area contributed by atoms with E-state index in [1.165, 1.54) is 6.42 Å². The lowest BCUT2D eigenvalue weighted by molar-refractivity contribution is 0.0548. The van der Waals surface area contributed by atoms with Gasteiger partial charge in [0.25, 0.3) is 5.91 Å². The van der Waals surface area contributed by atoms with Gasteiger partial charge in [-0.2, -0.15) is 0 Å². The summed E-state index contributed by atoms with van der Waals surface area (Å²) in [4.78, 5) is 19.6. The molecule has 2 saturated heterocycles. The van der Waals surface area contributed by atoms with E-state index in [1.54, 1.807) is 13.3 Å². The van der Waals surface area contributed by atoms with Crippen molar-refractivity contribution in [2.75, 3.05) is 38.6 Å². The number of hydrogen-bond donors (Lipinski definition) is 2. The highest BCUT2D eigenvalue weighted by Crippen LogP contribution is 2.31. The molecule has 27 heavy (non-hydrogen) atoms. The molecule has 0 bridgehead atoms. The van der Waals surface area contributed by atoms with Crippen LogP contribution in [0.5, 0.6) is 5.75 Å². The van der Waals surface area contributed by atoms with Crippen LogP contribution in [0.1, 0.15) is 23.2 Å². The number of fused-ring (bicyclic) bond motifs is 1. The van der Waals surface area contributed by atoms with Crippen LogP contribution in [0.15, 0.2) is 42.6 Å². The molecule has 3 heterocycles. The number of aromatic nitrogens is 1. The van der Waals surface area contributed by atoms with Crippen LogP contribution in [0.2, 0.25) is 0 Å². The normalized spacial score (nSPS) is 22.0. The molecule has 2 aliphatic heterocycles. The molecule has 1 aromatic carbocycles. The molecule has 0 saturated carbocycles. The Balaban J connectivity index is 1.54. The fourth-order valence-electron chi connectivity index (χ4n) is 4.17. The van der Waals surface area contributed by atoms with Gasteiger partial charge < -0.3 is 20.3 Å². The number of para-hydroxylation sites is 2. The van der Waals surface area contributed by atoms with Crippen molar-refractivity contribution >= 4 is 17.4 Å². The average molecular weight is 366 g/mol. The van der Waals surface area contributed by atoms with Crippen LogP contribution >= 0.6 is 0 Å². The first-order valence-corrected chi connectivity index (χ1v) is 9.61. The summed E-state index contributed by atoms with van der Waals surface area (Å²) >= 11 is 0. The molecule has 1 amide bonds. The molecule has 2 aliphatic rings. The molecule has 2 N–H and O–H groups in total. The highest BCUT2D eigenvalue weighted by Gasteiger charge is 2.33. The summed E-state index contributed by atoms with van der Waals surface area (Å²) in [7, 11) is 1.63. The molecule has 2 atom stereocenters. The predicted octanol–water partition coefficient (Wildman–Crippen LogP) is 2.91. The lowest BCUT2D eigenvalue weighted by Crippen LogP contribution is -2.50. The first-order valence-electron chi connectivity index (χ1n) is 9.61. The van der Waals surface area contributed by atoms with Crippen LogP contribution < -0.4 is 15.4 Å². The predicted molar refractivity (Wildman–Crippen MR) is 106 cm³/mol. The van der Waals surface area contributed by atoms with Gasteiger partial charge in [-0.15, -0.1) is 0 Å². The summed E-state index contributed by atoms with van der Waals surface area (Å²) in [5, 5.41) is 6.74. The summed E-state index contributed by atoms with van der Waals surface area (Å²) in [6, 6.07) is 11.3. The number of rotatable bonds is 4. The van der Waals surface area contributed by atoms with Gasteiger partial charge in [-0.05, 0) is 62.0 Å². The van der Waals surface area contributed by atoms with E-state index in [0.29, 0.717) is 17.3 Å². The van der Waals surface area contributed by atoms with Crippen LogP contribution in [0.4, 0.5) is 11.5 Å². The monoisotopic (exact) mass is 366 g/mol. The number of hydrogen-bond acceptors (Lipinski definition) is 5. The Morgan fingerprint density at radius 1 is 1.22 bits per heavy atom. The second-order valence-corrected chi connectivity index (χ2v) is 7.28. The van der Waals surface area contributed by atoms with Crippen molar-refractivity contribution in [2.45, 2.75) is 12.8 Å². The maximum absolute atomic E-state index is 13.2. The highest BCUT2D eigenvalue weighted by atomic mass is 16.5. The minimum atomic E-state index is 0.0459. The number of nitrogens with one attached hydrogen (secondary N) is 2. The Labute approximate surface area is 159 Å². The number of benzene rings is 1. The Hall–Kier alpha value is -2.60. The maximum atomic E-state index is 13.2. The van der Waals surface area contributed by atoms with E-state index in [9.17, 15) is 4.79 Å². The lowest BCUT2D eigenvalue weighted by Gasteiger charge is -2.41. The number of piperidine rings is 2. The van der Waals surface area contributed by atoms with Gasteiger partial charge in [0.05, 0.1) is 18.4 Å². The third-order valence-corrected chi connectivity index (χ3v) is 5.68. The number of ether oxygens (including phenoxy) is 1. The molecule has 2 unspecified atom stereocenters. The van der Waals surface area contributed by atoms with Gasteiger partial charge in [0.1, 0.15) is 11.6 Å². The zero-order valence-electron chi connectivity index (χ0n) is 15.6. The molecule has 142 valence electrons. The molecule has 1 aromatic heterocycles. The second-order valence-electron chi connectivity index (χ2n) is 7.28. The molecular formula is C21H26N4O2. The summed E-state index contributed by atoms with van der Waals surface area (Å²) in [5.74, 6) is 2.63. The van der Waals surface area contributed by atoms with Crippen molar-refractivity contribution in [1.29, 1.82) is 0 Å². The number of carbonyl (C=O) groups excluding carboxylic acids is 1.